The molecule has 0 spiro atoms. The lowest BCUT2D eigenvalue weighted by Crippen LogP contribution is -2.45. The number of hydrogen-bond acceptors (Lipinski definition) is 4. The Kier molecular flexibility index (Phi) is 5.25. The van der Waals surface area contributed by atoms with Crippen LogP contribution >= 0.6 is 24.0 Å². The van der Waals surface area contributed by atoms with Gasteiger partial charge in [0.25, 0.3) is 0 Å². The lowest BCUT2D eigenvalue weighted by molar-refractivity contribution is 0.445. The van der Waals surface area contributed by atoms with Gasteiger partial charge in [-0.2, -0.15) is 0 Å². The van der Waals surface area contributed by atoms with Gasteiger partial charge in [0.15, 0.2) is 0 Å². The molecule has 0 bridgehead atoms. The molecule has 90 valence electrons. The maximum absolute atomic E-state index is 5.75. The Labute approximate surface area is 107 Å². The molecule has 1 unspecified atom stereocenters. The van der Waals surface area contributed by atoms with Crippen LogP contribution in [0.4, 0.5) is 5.95 Å². The Hall–Kier alpha value is -0.580. The molecule has 1 fully saturated rings. The van der Waals surface area contributed by atoms with Gasteiger partial charge >= 0.3 is 0 Å². The molecule has 1 saturated heterocycles. The average Bonchev–Trinajstić information content (AvgIpc) is 2.30. The van der Waals surface area contributed by atoms with Gasteiger partial charge in [0.1, 0.15) is 0 Å². The zero-order valence-electron chi connectivity index (χ0n) is 9.19. The van der Waals surface area contributed by atoms with Crippen LogP contribution in [-0.4, -0.2) is 36.1 Å². The summed E-state index contributed by atoms with van der Waals surface area (Å²) in [5, 5.41) is 3.88. The van der Waals surface area contributed by atoms with E-state index in [0.29, 0.717) is 11.1 Å². The van der Waals surface area contributed by atoms with Gasteiger partial charge in [-0.25, -0.2) is 9.97 Å². The summed E-state index contributed by atoms with van der Waals surface area (Å²) in [5.41, 5.74) is 0. The topological polar surface area (TPSA) is 41.0 Å². The van der Waals surface area contributed by atoms with E-state index in [1.807, 2.05) is 7.05 Å². The third-order valence-electron chi connectivity index (χ3n) is 2.72. The number of anilines is 1. The highest BCUT2D eigenvalue weighted by atomic mass is 35.5. The zero-order chi connectivity index (χ0) is 10.7. The average molecular weight is 263 g/mol. The second-order valence-corrected chi connectivity index (χ2v) is 4.21. The van der Waals surface area contributed by atoms with Crippen molar-refractivity contribution >= 4 is 30.0 Å². The van der Waals surface area contributed by atoms with Crippen molar-refractivity contribution in [1.29, 1.82) is 0 Å². The number of rotatable bonds is 2. The van der Waals surface area contributed by atoms with Crippen molar-refractivity contribution < 1.29 is 0 Å². The van der Waals surface area contributed by atoms with E-state index >= 15 is 0 Å². The second kappa shape index (κ2) is 6.23. The molecule has 0 amide bonds. The number of hydrogen-bond donors (Lipinski definition) is 1. The van der Waals surface area contributed by atoms with E-state index in [4.69, 9.17) is 11.6 Å². The normalized spacial score (nSPS) is 20.4. The molecule has 2 heterocycles. The van der Waals surface area contributed by atoms with Crippen molar-refractivity contribution in [3.8, 4) is 0 Å². The molecule has 1 aliphatic heterocycles. The van der Waals surface area contributed by atoms with E-state index in [2.05, 4.69) is 20.2 Å². The molecule has 1 aliphatic rings. The zero-order valence-corrected chi connectivity index (χ0v) is 10.8. The van der Waals surface area contributed by atoms with Gasteiger partial charge in [-0.1, -0.05) is 11.6 Å². The van der Waals surface area contributed by atoms with Gasteiger partial charge in [0.05, 0.1) is 17.4 Å². The smallest absolute Gasteiger partial charge is 0.225 e. The van der Waals surface area contributed by atoms with Crippen LogP contribution in [-0.2, 0) is 0 Å². The van der Waals surface area contributed by atoms with Crippen LogP contribution in [0.5, 0.6) is 0 Å². The van der Waals surface area contributed by atoms with E-state index in [9.17, 15) is 0 Å². The number of likely N-dealkylation sites (N-methyl/N-ethyl adjacent to an activating group) is 1. The highest BCUT2D eigenvalue weighted by Crippen LogP contribution is 2.16. The van der Waals surface area contributed by atoms with E-state index in [0.717, 1.165) is 19.0 Å². The minimum absolute atomic E-state index is 0. The van der Waals surface area contributed by atoms with E-state index in [1.54, 1.807) is 12.4 Å². The van der Waals surface area contributed by atoms with Gasteiger partial charge in [0, 0.05) is 19.1 Å². The third-order valence-corrected chi connectivity index (χ3v) is 2.91. The largest absolute Gasteiger partial charge is 0.339 e. The van der Waals surface area contributed by atoms with Crippen molar-refractivity contribution in [3.05, 3.63) is 17.4 Å². The molecule has 6 heteroatoms. The Morgan fingerprint density at radius 2 is 2.12 bits per heavy atom. The van der Waals surface area contributed by atoms with Crippen LogP contribution in [0.15, 0.2) is 12.4 Å². The first kappa shape index (κ1) is 13.5. The molecule has 1 aromatic rings. The van der Waals surface area contributed by atoms with Crippen LogP contribution in [0.2, 0.25) is 5.02 Å². The molecule has 1 aromatic heterocycles. The summed E-state index contributed by atoms with van der Waals surface area (Å²) in [6, 6.07) is 0.540. The second-order valence-electron chi connectivity index (χ2n) is 3.78. The fraction of sp³-hybridized carbons (Fsp3) is 0.600. The third kappa shape index (κ3) is 3.20. The van der Waals surface area contributed by atoms with Crippen LogP contribution in [0.1, 0.15) is 12.8 Å². The summed E-state index contributed by atoms with van der Waals surface area (Å²) in [5.74, 6) is 0.777. The number of piperidine rings is 1. The van der Waals surface area contributed by atoms with Crippen molar-refractivity contribution in [3.63, 3.8) is 0 Å². The molecule has 16 heavy (non-hydrogen) atoms. The van der Waals surface area contributed by atoms with E-state index in [-0.39, 0.29) is 12.4 Å². The van der Waals surface area contributed by atoms with Gasteiger partial charge in [-0.3, -0.25) is 0 Å². The number of halogens is 2. The quantitative estimate of drug-likeness (QED) is 0.882. The minimum Gasteiger partial charge on any atom is -0.339 e. The predicted molar refractivity (Wildman–Crippen MR) is 68.6 cm³/mol. The first-order chi connectivity index (χ1) is 7.29. The molecule has 0 radical (unpaired) electrons. The highest BCUT2D eigenvalue weighted by Gasteiger charge is 2.19. The summed E-state index contributed by atoms with van der Waals surface area (Å²) < 4.78 is 0. The van der Waals surface area contributed by atoms with Crippen LogP contribution in [0.3, 0.4) is 0 Å². The summed E-state index contributed by atoms with van der Waals surface area (Å²) in [4.78, 5) is 10.6. The van der Waals surface area contributed by atoms with Crippen LogP contribution < -0.4 is 10.2 Å². The van der Waals surface area contributed by atoms with Gasteiger partial charge < -0.3 is 10.2 Å². The summed E-state index contributed by atoms with van der Waals surface area (Å²) in [7, 11) is 2.00. The van der Waals surface area contributed by atoms with Gasteiger partial charge in [-0.15, -0.1) is 12.4 Å². The van der Waals surface area contributed by atoms with Crippen molar-refractivity contribution in [2.24, 2.45) is 0 Å². The van der Waals surface area contributed by atoms with Crippen molar-refractivity contribution in [2.75, 3.05) is 25.0 Å². The lowest BCUT2D eigenvalue weighted by Gasteiger charge is -2.32. The number of nitrogens with one attached hydrogen (secondary N) is 1. The van der Waals surface area contributed by atoms with Crippen molar-refractivity contribution in [1.82, 2.24) is 15.3 Å². The Morgan fingerprint density at radius 1 is 1.44 bits per heavy atom. The monoisotopic (exact) mass is 262 g/mol. The predicted octanol–water partition coefficient (Wildman–Crippen LogP) is 1.74. The molecule has 1 N–H and O–H groups in total. The SMILES string of the molecule is CNC1CCCN(c2ncc(Cl)cn2)C1.Cl. The summed E-state index contributed by atoms with van der Waals surface area (Å²) >= 11 is 5.75. The molecule has 0 saturated carbocycles. The van der Waals surface area contributed by atoms with Gasteiger partial charge in [0.2, 0.25) is 5.95 Å². The first-order valence-corrected chi connectivity index (χ1v) is 5.57. The number of nitrogens with zero attached hydrogens (tertiary/aromatic N) is 3. The fourth-order valence-electron chi connectivity index (χ4n) is 1.86. The Balaban J connectivity index is 0.00000128. The molecule has 0 aromatic carbocycles. The van der Waals surface area contributed by atoms with Crippen molar-refractivity contribution in [2.45, 2.75) is 18.9 Å². The minimum atomic E-state index is 0. The molecule has 1 atom stereocenters. The molecule has 0 aliphatic carbocycles. The molecule has 4 nitrogen and oxygen atoms in total. The lowest BCUT2D eigenvalue weighted by atomic mass is 10.1. The molecular weight excluding hydrogens is 247 g/mol. The maximum Gasteiger partial charge on any atom is 0.225 e. The summed E-state index contributed by atoms with van der Waals surface area (Å²) in [6.45, 7) is 2.00. The highest BCUT2D eigenvalue weighted by molar-refractivity contribution is 6.30. The van der Waals surface area contributed by atoms with Crippen LogP contribution in [0.25, 0.3) is 0 Å². The van der Waals surface area contributed by atoms with Gasteiger partial charge in [-0.05, 0) is 19.9 Å². The molecular formula is C10H16Cl2N4. The fourth-order valence-corrected chi connectivity index (χ4v) is 1.96. The molecule has 2 rings (SSSR count). The number of aromatic nitrogens is 2. The Bertz CT molecular complexity index is 317. The van der Waals surface area contributed by atoms with E-state index in [1.165, 1.54) is 12.8 Å². The maximum atomic E-state index is 5.75. The van der Waals surface area contributed by atoms with Crippen LogP contribution in [0, 0.1) is 0 Å². The first-order valence-electron chi connectivity index (χ1n) is 5.19. The van der Waals surface area contributed by atoms with E-state index < -0.39 is 0 Å². The Morgan fingerprint density at radius 3 is 2.75 bits per heavy atom. The standard InChI is InChI=1S/C10H15ClN4.ClH/c1-12-9-3-2-4-15(7-9)10-13-5-8(11)6-14-10;/h5-6,9,12H,2-4,7H2,1H3;1H. The summed E-state index contributed by atoms with van der Waals surface area (Å²) in [6.07, 6.45) is 5.69.